The smallest absolute Gasteiger partial charge is 0.0767 e. The first-order chi connectivity index (χ1) is 25.5. The van der Waals surface area contributed by atoms with Crippen molar-refractivity contribution in [3.05, 3.63) is 221 Å². The maximum atomic E-state index is 4.00. The summed E-state index contributed by atoms with van der Waals surface area (Å²) in [6.07, 6.45) is 14.1. The Balaban J connectivity index is 0.000000817. The highest BCUT2D eigenvalue weighted by Crippen LogP contribution is 2.31. The number of nitrogens with two attached hydrogens (primary N) is 2. The molecule has 1 aliphatic rings. The third-order valence-electron chi connectivity index (χ3n) is 9.43. The standard InChI is InChI=1S/C45H39N.C4H8.H4N2/c1-32-20-27-43(46-45(37-13-5-3-6-14-37)38-15-7-4-8-16-38)31-42(28-32)41-18-11-17-40(30-41)35-23-21-34(22-24-35)29-39-26-25-36-12-9-10-19-44(36)33(39)2;1-3-4-2;1-2/h3-28,30-32,45-46H,29H2,1-2H3;3-4H,1-2H3;1-2H2/b;4-3-;. The van der Waals surface area contributed by atoms with Crippen molar-refractivity contribution in [2.24, 2.45) is 17.6 Å². The average molecular weight is 682 g/mol. The summed E-state index contributed by atoms with van der Waals surface area (Å²) < 4.78 is 0. The van der Waals surface area contributed by atoms with Gasteiger partial charge in [-0.3, -0.25) is 11.7 Å². The van der Waals surface area contributed by atoms with Crippen molar-refractivity contribution < 1.29 is 0 Å². The number of allylic oxidation sites excluding steroid dienone is 7. The Bertz CT molecular complexity index is 2100. The number of hydrogen-bond donors (Lipinski definition) is 3. The molecule has 0 fully saturated rings. The summed E-state index contributed by atoms with van der Waals surface area (Å²) in [6.45, 7) is 8.49. The topological polar surface area (TPSA) is 64.1 Å². The maximum absolute atomic E-state index is 4.00. The number of hydrazine groups is 1. The first kappa shape index (κ1) is 37.5. The molecular weight excluding hydrogens is 631 g/mol. The van der Waals surface area contributed by atoms with Crippen molar-refractivity contribution in [3.8, 4) is 11.1 Å². The van der Waals surface area contributed by atoms with Crippen LogP contribution in [0.5, 0.6) is 0 Å². The van der Waals surface area contributed by atoms with Crippen LogP contribution in [0.3, 0.4) is 0 Å². The van der Waals surface area contributed by atoms with Gasteiger partial charge in [0, 0.05) is 5.70 Å². The van der Waals surface area contributed by atoms with E-state index in [1.165, 1.54) is 60.9 Å². The van der Waals surface area contributed by atoms with Crippen LogP contribution in [0.2, 0.25) is 0 Å². The molecule has 0 bridgehead atoms. The number of rotatable bonds is 8. The molecule has 262 valence electrons. The Hall–Kier alpha value is -5.74. The predicted molar refractivity (Wildman–Crippen MR) is 224 cm³/mol. The summed E-state index contributed by atoms with van der Waals surface area (Å²) in [5.41, 5.74) is 12.6. The maximum Gasteiger partial charge on any atom is 0.0767 e. The van der Waals surface area contributed by atoms with Gasteiger partial charge in [-0.15, -0.1) is 0 Å². The van der Waals surface area contributed by atoms with Crippen molar-refractivity contribution in [1.82, 2.24) is 5.32 Å². The van der Waals surface area contributed by atoms with Gasteiger partial charge < -0.3 is 5.32 Å². The molecule has 5 N–H and O–H groups in total. The summed E-state index contributed by atoms with van der Waals surface area (Å²) in [7, 11) is 0. The fourth-order valence-electron chi connectivity index (χ4n) is 6.52. The molecule has 0 saturated heterocycles. The second-order valence-corrected chi connectivity index (χ2v) is 13.0. The van der Waals surface area contributed by atoms with E-state index in [0.29, 0.717) is 5.92 Å². The minimum Gasteiger partial charge on any atom is -0.374 e. The largest absolute Gasteiger partial charge is 0.374 e. The van der Waals surface area contributed by atoms with Crippen LogP contribution in [-0.4, -0.2) is 0 Å². The van der Waals surface area contributed by atoms with Gasteiger partial charge in [0.25, 0.3) is 0 Å². The van der Waals surface area contributed by atoms with Crippen LogP contribution in [-0.2, 0) is 6.42 Å². The molecule has 1 aliphatic carbocycles. The number of benzene rings is 6. The van der Waals surface area contributed by atoms with Crippen molar-refractivity contribution in [1.29, 1.82) is 0 Å². The highest BCUT2D eigenvalue weighted by atomic mass is 15.0. The monoisotopic (exact) mass is 681 g/mol. The van der Waals surface area contributed by atoms with E-state index in [-0.39, 0.29) is 6.04 Å². The third-order valence-corrected chi connectivity index (χ3v) is 9.43. The number of aryl methyl sites for hydroxylation is 1. The normalized spacial score (nSPS) is 13.7. The SMILES string of the molecule is C/C=C\C.Cc1c(Cc2ccc(-c3cccc(C4=CC(C)C=CC(NC(c5ccccc5)c5ccccc5)=C4)c3)cc2)ccc2ccccc12.NN. The van der Waals surface area contributed by atoms with E-state index in [2.05, 4.69) is 201 Å². The van der Waals surface area contributed by atoms with E-state index in [9.17, 15) is 0 Å². The molecule has 0 heterocycles. The third kappa shape index (κ3) is 9.73. The van der Waals surface area contributed by atoms with Crippen LogP contribution in [0, 0.1) is 12.8 Å². The average Bonchev–Trinajstić information content (AvgIpc) is 3.40. The fraction of sp³-hybridized carbons (Fsp3) is 0.143. The molecule has 3 nitrogen and oxygen atoms in total. The Kier molecular flexibility index (Phi) is 13.7. The van der Waals surface area contributed by atoms with Gasteiger partial charge in [-0.1, -0.05) is 171 Å². The Morgan fingerprint density at radius 3 is 1.92 bits per heavy atom. The molecule has 0 radical (unpaired) electrons. The molecule has 1 unspecified atom stereocenters. The second kappa shape index (κ2) is 19.0. The van der Waals surface area contributed by atoms with E-state index in [1.54, 1.807) is 0 Å². The number of fused-ring (bicyclic) bond motifs is 1. The molecule has 0 aromatic heterocycles. The number of hydrogen-bond acceptors (Lipinski definition) is 3. The highest BCUT2D eigenvalue weighted by molar-refractivity contribution is 5.86. The van der Waals surface area contributed by atoms with Gasteiger partial charge >= 0.3 is 0 Å². The lowest BCUT2D eigenvalue weighted by Crippen LogP contribution is -2.21. The quantitative estimate of drug-likeness (QED) is 0.0851. The Morgan fingerprint density at radius 1 is 0.654 bits per heavy atom. The van der Waals surface area contributed by atoms with Crippen LogP contribution in [0.4, 0.5) is 0 Å². The van der Waals surface area contributed by atoms with Gasteiger partial charge in [-0.2, -0.15) is 0 Å². The molecule has 3 heteroatoms. The lowest BCUT2D eigenvalue weighted by atomic mass is 9.93. The van der Waals surface area contributed by atoms with Gasteiger partial charge in [0.15, 0.2) is 0 Å². The van der Waals surface area contributed by atoms with E-state index < -0.39 is 0 Å². The van der Waals surface area contributed by atoms with Crippen molar-refractivity contribution in [2.75, 3.05) is 0 Å². The van der Waals surface area contributed by atoms with Crippen molar-refractivity contribution in [2.45, 2.75) is 40.2 Å². The van der Waals surface area contributed by atoms with Crippen LogP contribution >= 0.6 is 0 Å². The Morgan fingerprint density at radius 2 is 1.27 bits per heavy atom. The van der Waals surface area contributed by atoms with Gasteiger partial charge in [0.2, 0.25) is 0 Å². The molecule has 0 aliphatic heterocycles. The van der Waals surface area contributed by atoms with E-state index in [1.807, 2.05) is 26.0 Å². The van der Waals surface area contributed by atoms with E-state index >= 15 is 0 Å². The van der Waals surface area contributed by atoms with Gasteiger partial charge in [-0.05, 0) is 112 Å². The van der Waals surface area contributed by atoms with Crippen LogP contribution < -0.4 is 17.0 Å². The van der Waals surface area contributed by atoms with Gasteiger partial charge in [0.1, 0.15) is 0 Å². The zero-order valence-corrected chi connectivity index (χ0v) is 30.8. The molecular formula is C49H51N3. The minimum atomic E-state index is 0.0520. The van der Waals surface area contributed by atoms with E-state index in [0.717, 1.165) is 12.1 Å². The first-order valence-corrected chi connectivity index (χ1v) is 18.1. The summed E-state index contributed by atoms with van der Waals surface area (Å²) >= 11 is 0. The summed E-state index contributed by atoms with van der Waals surface area (Å²) in [5, 5.41) is 6.51. The molecule has 0 saturated carbocycles. The van der Waals surface area contributed by atoms with Crippen LogP contribution in [0.15, 0.2) is 188 Å². The Labute approximate surface area is 310 Å². The van der Waals surface area contributed by atoms with Gasteiger partial charge in [0.05, 0.1) is 6.04 Å². The molecule has 6 aromatic rings. The zero-order valence-electron chi connectivity index (χ0n) is 30.8. The van der Waals surface area contributed by atoms with Crippen LogP contribution in [0.1, 0.15) is 60.2 Å². The van der Waals surface area contributed by atoms with Crippen LogP contribution in [0.25, 0.3) is 27.5 Å². The summed E-state index contributed by atoms with van der Waals surface area (Å²) in [6, 6.07) is 52.7. The zero-order chi connectivity index (χ0) is 36.7. The molecule has 7 rings (SSSR count). The van der Waals surface area contributed by atoms with E-state index in [4.69, 9.17) is 0 Å². The summed E-state index contributed by atoms with van der Waals surface area (Å²) in [4.78, 5) is 0. The fourth-order valence-corrected chi connectivity index (χ4v) is 6.52. The second-order valence-electron chi connectivity index (χ2n) is 13.0. The highest BCUT2D eigenvalue weighted by Gasteiger charge is 2.16. The predicted octanol–water partition coefficient (Wildman–Crippen LogP) is 11.7. The number of nitrogens with one attached hydrogen (secondary N) is 1. The molecule has 52 heavy (non-hydrogen) atoms. The lowest BCUT2D eigenvalue weighted by Gasteiger charge is -2.22. The van der Waals surface area contributed by atoms with Gasteiger partial charge in [-0.25, -0.2) is 0 Å². The molecule has 0 amide bonds. The van der Waals surface area contributed by atoms with Crippen molar-refractivity contribution >= 4 is 16.3 Å². The molecule has 1 atom stereocenters. The minimum absolute atomic E-state index is 0.0520. The molecule has 0 spiro atoms. The van der Waals surface area contributed by atoms with Crippen molar-refractivity contribution in [3.63, 3.8) is 0 Å². The lowest BCUT2D eigenvalue weighted by molar-refractivity contribution is 0.705. The molecule has 6 aromatic carbocycles. The summed E-state index contributed by atoms with van der Waals surface area (Å²) in [5.74, 6) is 8.32. The first-order valence-electron chi connectivity index (χ1n) is 18.1.